The number of carbonyl (C=O) groups excluding carboxylic acids is 2. The average molecular weight is 315 g/mol. The van der Waals surface area contributed by atoms with Crippen molar-refractivity contribution in [2.75, 3.05) is 6.54 Å². The van der Waals surface area contributed by atoms with Crippen LogP contribution in [0.1, 0.15) is 24.8 Å². The van der Waals surface area contributed by atoms with E-state index in [1.54, 1.807) is 24.3 Å². The molecule has 0 amide bonds. The molecule has 0 saturated heterocycles. The van der Waals surface area contributed by atoms with E-state index >= 15 is 0 Å². The predicted molar refractivity (Wildman–Crippen MR) is 78.6 cm³/mol. The molecule has 0 spiro atoms. The van der Waals surface area contributed by atoms with E-state index < -0.39 is 18.2 Å². The van der Waals surface area contributed by atoms with Gasteiger partial charge in [0.2, 0.25) is 0 Å². The van der Waals surface area contributed by atoms with Gasteiger partial charge in [0.15, 0.2) is 0 Å². The van der Waals surface area contributed by atoms with Crippen LogP contribution in [0.2, 0.25) is 5.02 Å². The predicted octanol–water partition coefficient (Wildman–Crippen LogP) is 1.98. The highest BCUT2D eigenvalue weighted by atomic mass is 35.5. The number of hydrogen-bond donors (Lipinski definition) is 2. The highest BCUT2D eigenvalue weighted by Gasteiger charge is 2.19. The molecule has 0 unspecified atom stereocenters. The molecule has 1 aromatic carbocycles. The number of rotatable bonds is 7. The van der Waals surface area contributed by atoms with Gasteiger partial charge in [-0.15, -0.1) is 0 Å². The number of hydrogen-bond acceptors (Lipinski definition) is 6. The molecule has 0 heterocycles. The quantitative estimate of drug-likeness (QED) is 0.453. The van der Waals surface area contributed by atoms with Crippen LogP contribution in [-0.4, -0.2) is 24.7 Å². The number of unbranched alkanes of at least 4 members (excludes halogenated alkanes) is 1. The molecular formula is C14H19ClN2O4. The summed E-state index contributed by atoms with van der Waals surface area (Å²) in [5.41, 5.74) is 11.6. The van der Waals surface area contributed by atoms with Gasteiger partial charge in [-0.1, -0.05) is 36.2 Å². The van der Waals surface area contributed by atoms with Gasteiger partial charge in [0, 0.05) is 10.6 Å². The minimum absolute atomic E-state index is 0.0752. The van der Waals surface area contributed by atoms with E-state index in [2.05, 4.69) is 4.74 Å². The van der Waals surface area contributed by atoms with Crippen LogP contribution in [0.5, 0.6) is 0 Å². The molecular weight excluding hydrogens is 296 g/mol. The summed E-state index contributed by atoms with van der Waals surface area (Å²) in [6, 6.07) is 6.03. The lowest BCUT2D eigenvalue weighted by Gasteiger charge is -2.10. The van der Waals surface area contributed by atoms with Crippen molar-refractivity contribution in [3.05, 3.63) is 34.9 Å². The van der Waals surface area contributed by atoms with Crippen LogP contribution in [0.4, 0.5) is 4.79 Å². The first-order chi connectivity index (χ1) is 10.0. The summed E-state index contributed by atoms with van der Waals surface area (Å²) in [6.45, 7) is 0.454. The highest BCUT2D eigenvalue weighted by molar-refractivity contribution is 6.31. The molecule has 0 aromatic heterocycles. The van der Waals surface area contributed by atoms with Crippen molar-refractivity contribution in [1.82, 2.24) is 0 Å². The second kappa shape index (κ2) is 9.33. The molecule has 0 saturated carbocycles. The number of carbonyl (C=O) groups is 2. The van der Waals surface area contributed by atoms with E-state index in [4.69, 9.17) is 27.8 Å². The zero-order valence-corrected chi connectivity index (χ0v) is 12.3. The van der Waals surface area contributed by atoms with E-state index in [1.807, 2.05) is 0 Å². The summed E-state index contributed by atoms with van der Waals surface area (Å²) in [7, 11) is 0. The molecule has 116 valence electrons. The van der Waals surface area contributed by atoms with Crippen LogP contribution in [0.3, 0.4) is 0 Å². The molecule has 1 atom stereocenters. The average Bonchev–Trinajstić information content (AvgIpc) is 2.46. The maximum atomic E-state index is 11.5. The van der Waals surface area contributed by atoms with Crippen molar-refractivity contribution in [1.29, 1.82) is 0 Å². The van der Waals surface area contributed by atoms with Crippen molar-refractivity contribution in [3.63, 3.8) is 0 Å². The third-order valence-corrected chi connectivity index (χ3v) is 3.13. The van der Waals surface area contributed by atoms with E-state index in [0.29, 0.717) is 30.0 Å². The molecule has 0 radical (unpaired) electrons. The van der Waals surface area contributed by atoms with E-state index in [1.165, 1.54) is 0 Å². The number of esters is 1. The molecule has 0 aliphatic carbocycles. The van der Waals surface area contributed by atoms with Crippen molar-refractivity contribution in [2.24, 2.45) is 11.5 Å². The van der Waals surface area contributed by atoms with Crippen molar-refractivity contribution in [2.45, 2.75) is 31.9 Å². The Balaban J connectivity index is 2.33. The molecule has 0 aliphatic heterocycles. The first-order valence-corrected chi connectivity index (χ1v) is 7.00. The fourth-order valence-electron chi connectivity index (χ4n) is 1.57. The van der Waals surface area contributed by atoms with Crippen LogP contribution in [-0.2, 0) is 20.9 Å². The molecule has 6 nitrogen and oxygen atoms in total. The summed E-state index contributed by atoms with van der Waals surface area (Å²) in [5.74, 6) is -0.809. The van der Waals surface area contributed by atoms with Crippen LogP contribution in [0, 0.1) is 0 Å². The lowest BCUT2D eigenvalue weighted by atomic mass is 10.1. The number of benzene rings is 1. The molecule has 0 fully saturated rings. The topological polar surface area (TPSA) is 105 Å². The fraction of sp³-hybridized carbons (Fsp3) is 0.429. The summed E-state index contributed by atoms with van der Waals surface area (Å²) in [4.78, 5) is 22.9. The van der Waals surface area contributed by atoms with Gasteiger partial charge in [-0.05, 0) is 25.5 Å². The lowest BCUT2D eigenvalue weighted by molar-refractivity contribution is -0.141. The first kappa shape index (κ1) is 17.4. The van der Waals surface area contributed by atoms with Crippen LogP contribution in [0.25, 0.3) is 0 Å². The maximum absolute atomic E-state index is 11.5. The normalized spacial score (nSPS) is 11.8. The van der Waals surface area contributed by atoms with Crippen LogP contribution >= 0.6 is 11.6 Å². The van der Waals surface area contributed by atoms with Gasteiger partial charge in [0.25, 0.3) is 0 Å². The van der Waals surface area contributed by atoms with E-state index in [-0.39, 0.29) is 6.61 Å². The number of halogens is 1. The van der Waals surface area contributed by atoms with Crippen LogP contribution in [0.15, 0.2) is 24.3 Å². The molecule has 7 heteroatoms. The Labute approximate surface area is 128 Å². The minimum atomic E-state index is -1.09. The Hall–Kier alpha value is -1.63. The van der Waals surface area contributed by atoms with E-state index in [0.717, 1.165) is 6.42 Å². The summed E-state index contributed by atoms with van der Waals surface area (Å²) < 4.78 is 9.32. The maximum Gasteiger partial charge on any atom is 0.516 e. The Bertz CT molecular complexity index is 482. The van der Waals surface area contributed by atoms with Gasteiger partial charge >= 0.3 is 12.1 Å². The van der Waals surface area contributed by atoms with Crippen molar-refractivity contribution in [3.8, 4) is 0 Å². The zero-order chi connectivity index (χ0) is 15.7. The van der Waals surface area contributed by atoms with Crippen LogP contribution < -0.4 is 11.5 Å². The molecule has 1 aromatic rings. The molecule has 21 heavy (non-hydrogen) atoms. The summed E-state index contributed by atoms with van der Waals surface area (Å²) in [5, 5.41) is 0.468. The second-order valence-electron chi connectivity index (χ2n) is 4.44. The monoisotopic (exact) mass is 314 g/mol. The van der Waals surface area contributed by atoms with E-state index in [9.17, 15) is 9.59 Å². The first-order valence-electron chi connectivity index (χ1n) is 6.62. The van der Waals surface area contributed by atoms with Gasteiger partial charge in [0.05, 0.1) is 0 Å². The lowest BCUT2D eigenvalue weighted by Crippen LogP contribution is -2.34. The van der Waals surface area contributed by atoms with Gasteiger partial charge in [0.1, 0.15) is 12.6 Å². The third-order valence-electron chi connectivity index (χ3n) is 2.76. The smallest absolute Gasteiger partial charge is 0.429 e. The SMILES string of the molecule is NCCCC[C@H](N)C(=O)OC(=O)OCc1ccccc1Cl. The largest absolute Gasteiger partial charge is 0.516 e. The van der Waals surface area contributed by atoms with Crippen molar-refractivity contribution < 1.29 is 19.1 Å². The standard InChI is InChI=1S/C14H19ClN2O4/c15-11-6-2-1-5-10(11)9-20-14(19)21-13(18)12(17)7-3-4-8-16/h1-2,5-6,12H,3-4,7-9,16-17H2/t12-/m0/s1. The Morgan fingerprint density at radius 3 is 2.62 bits per heavy atom. The Morgan fingerprint density at radius 1 is 1.24 bits per heavy atom. The van der Waals surface area contributed by atoms with Gasteiger partial charge in [-0.2, -0.15) is 0 Å². The number of ether oxygens (including phenoxy) is 2. The Morgan fingerprint density at radius 2 is 1.95 bits per heavy atom. The fourth-order valence-corrected chi connectivity index (χ4v) is 1.76. The van der Waals surface area contributed by atoms with Gasteiger partial charge < -0.3 is 20.9 Å². The molecule has 1 rings (SSSR count). The summed E-state index contributed by atoms with van der Waals surface area (Å²) >= 11 is 5.91. The number of nitrogens with two attached hydrogens (primary N) is 2. The van der Waals surface area contributed by atoms with Gasteiger partial charge in [-0.3, -0.25) is 0 Å². The third kappa shape index (κ3) is 6.57. The summed E-state index contributed by atoms with van der Waals surface area (Å²) in [6.07, 6.45) is 0.780. The second-order valence-corrected chi connectivity index (χ2v) is 4.85. The van der Waals surface area contributed by atoms with Crippen molar-refractivity contribution >= 4 is 23.7 Å². The molecule has 0 aliphatic rings. The molecule has 4 N–H and O–H groups in total. The van der Waals surface area contributed by atoms with Gasteiger partial charge in [-0.25, -0.2) is 9.59 Å². The zero-order valence-electron chi connectivity index (χ0n) is 11.6. The Kier molecular flexibility index (Phi) is 7.74. The minimum Gasteiger partial charge on any atom is -0.429 e. The highest BCUT2D eigenvalue weighted by Crippen LogP contribution is 2.15. The molecule has 0 bridgehead atoms.